The van der Waals surface area contributed by atoms with Gasteiger partial charge in [-0.2, -0.15) is 0 Å². The normalized spacial score (nSPS) is 30.4. The zero-order valence-electron chi connectivity index (χ0n) is 11.1. The Hall–Kier alpha value is -0.770. The van der Waals surface area contributed by atoms with Crippen molar-refractivity contribution in [2.75, 3.05) is 6.54 Å². The number of rotatable bonds is 2. The predicted molar refractivity (Wildman–Crippen MR) is 66.6 cm³/mol. The highest BCUT2D eigenvalue weighted by Crippen LogP contribution is 2.58. The summed E-state index contributed by atoms with van der Waals surface area (Å²) in [6, 6.07) is 0.349. The number of ether oxygens (including phenoxy) is 1. The summed E-state index contributed by atoms with van der Waals surface area (Å²) < 4.78 is 5.22. The van der Waals surface area contributed by atoms with Crippen LogP contribution in [0.5, 0.6) is 0 Å². The summed E-state index contributed by atoms with van der Waals surface area (Å²) in [6.45, 7) is 6.33. The third-order valence-electron chi connectivity index (χ3n) is 4.27. The molecular formula is C13H24N2O2. The molecule has 0 aromatic carbocycles. The summed E-state index contributed by atoms with van der Waals surface area (Å²) in [7, 11) is 0. The Labute approximate surface area is 103 Å². The second kappa shape index (κ2) is 4.16. The largest absolute Gasteiger partial charge is 0.444 e. The lowest BCUT2D eigenvalue weighted by atomic mass is 9.47. The van der Waals surface area contributed by atoms with E-state index in [1.165, 1.54) is 19.3 Å². The molecule has 98 valence electrons. The molecule has 2 unspecified atom stereocenters. The van der Waals surface area contributed by atoms with E-state index in [0.717, 1.165) is 6.42 Å². The summed E-state index contributed by atoms with van der Waals surface area (Å²) in [5, 5.41) is 2.87. The highest BCUT2D eigenvalue weighted by Gasteiger charge is 2.56. The number of hydrogen-bond donors (Lipinski definition) is 2. The molecule has 1 spiro atoms. The van der Waals surface area contributed by atoms with Gasteiger partial charge in [0.15, 0.2) is 0 Å². The Bertz CT molecular complexity index is 305. The molecule has 1 amide bonds. The fourth-order valence-corrected chi connectivity index (χ4v) is 3.09. The Balaban J connectivity index is 1.74. The molecule has 0 saturated heterocycles. The minimum Gasteiger partial charge on any atom is -0.444 e. The molecule has 0 aromatic heterocycles. The summed E-state index contributed by atoms with van der Waals surface area (Å²) in [6.07, 6.45) is 4.48. The van der Waals surface area contributed by atoms with Crippen LogP contribution in [0.25, 0.3) is 0 Å². The van der Waals surface area contributed by atoms with Crippen molar-refractivity contribution in [2.24, 2.45) is 17.1 Å². The Morgan fingerprint density at radius 3 is 2.53 bits per heavy atom. The minimum absolute atomic E-state index is 0.313. The van der Waals surface area contributed by atoms with Gasteiger partial charge in [-0.1, -0.05) is 6.42 Å². The monoisotopic (exact) mass is 240 g/mol. The Morgan fingerprint density at radius 2 is 2.12 bits per heavy atom. The molecule has 0 aromatic rings. The van der Waals surface area contributed by atoms with Crippen molar-refractivity contribution in [3.05, 3.63) is 0 Å². The van der Waals surface area contributed by atoms with Crippen LogP contribution in [0.1, 0.15) is 46.5 Å². The van der Waals surface area contributed by atoms with E-state index in [0.29, 0.717) is 23.9 Å². The molecule has 4 nitrogen and oxygen atoms in total. The van der Waals surface area contributed by atoms with E-state index in [2.05, 4.69) is 5.32 Å². The molecule has 0 bridgehead atoms. The number of alkyl carbamates (subject to hydrolysis) is 1. The van der Waals surface area contributed by atoms with E-state index < -0.39 is 5.60 Å². The van der Waals surface area contributed by atoms with Crippen molar-refractivity contribution in [1.29, 1.82) is 0 Å². The average Bonchev–Trinajstić information content (AvgIpc) is 2.05. The van der Waals surface area contributed by atoms with Crippen LogP contribution in [0.4, 0.5) is 4.79 Å². The molecule has 17 heavy (non-hydrogen) atoms. The number of hydrogen-bond acceptors (Lipinski definition) is 3. The average molecular weight is 240 g/mol. The van der Waals surface area contributed by atoms with Crippen LogP contribution >= 0.6 is 0 Å². The Morgan fingerprint density at radius 1 is 1.47 bits per heavy atom. The first-order valence-corrected chi connectivity index (χ1v) is 6.56. The van der Waals surface area contributed by atoms with E-state index in [9.17, 15) is 4.79 Å². The van der Waals surface area contributed by atoms with Crippen LogP contribution in [-0.4, -0.2) is 24.3 Å². The van der Waals surface area contributed by atoms with E-state index in [-0.39, 0.29) is 6.09 Å². The second-order valence-corrected chi connectivity index (χ2v) is 6.51. The first kappa shape index (κ1) is 12.7. The first-order chi connectivity index (χ1) is 7.83. The topological polar surface area (TPSA) is 64.3 Å². The van der Waals surface area contributed by atoms with E-state index >= 15 is 0 Å². The van der Waals surface area contributed by atoms with Gasteiger partial charge in [0.25, 0.3) is 0 Å². The smallest absolute Gasteiger partial charge is 0.407 e. The van der Waals surface area contributed by atoms with E-state index in [1.807, 2.05) is 20.8 Å². The van der Waals surface area contributed by atoms with Crippen molar-refractivity contribution in [3.8, 4) is 0 Å². The highest BCUT2D eigenvalue weighted by molar-refractivity contribution is 5.67. The molecule has 4 heteroatoms. The third kappa shape index (κ3) is 2.41. The number of nitrogens with one attached hydrogen (secondary N) is 1. The van der Waals surface area contributed by atoms with Gasteiger partial charge >= 0.3 is 6.09 Å². The quantitative estimate of drug-likeness (QED) is 0.776. The summed E-state index contributed by atoms with van der Waals surface area (Å²) in [4.78, 5) is 11.5. The standard InChI is InChI=1S/C13H24N2O2/c1-12(2,3)17-11(16)15-8-9-7-10(14)13(9)5-4-6-13/h9-10H,4-8,14H2,1-3H3,(H,15,16). The van der Waals surface area contributed by atoms with E-state index in [1.54, 1.807) is 0 Å². The van der Waals surface area contributed by atoms with Crippen LogP contribution in [0.2, 0.25) is 0 Å². The van der Waals surface area contributed by atoms with Gasteiger partial charge in [0.1, 0.15) is 5.60 Å². The van der Waals surface area contributed by atoms with E-state index in [4.69, 9.17) is 10.5 Å². The number of nitrogens with two attached hydrogens (primary N) is 1. The fourth-order valence-electron chi connectivity index (χ4n) is 3.09. The molecule has 2 rings (SSSR count). The van der Waals surface area contributed by atoms with Crippen LogP contribution < -0.4 is 11.1 Å². The van der Waals surface area contributed by atoms with Crippen LogP contribution in [0.3, 0.4) is 0 Å². The lowest BCUT2D eigenvalue weighted by Crippen LogP contribution is -2.63. The highest BCUT2D eigenvalue weighted by atomic mass is 16.6. The summed E-state index contributed by atoms with van der Waals surface area (Å²) >= 11 is 0. The van der Waals surface area contributed by atoms with Gasteiger partial charge in [0, 0.05) is 12.6 Å². The second-order valence-electron chi connectivity index (χ2n) is 6.51. The maximum atomic E-state index is 11.5. The molecule has 2 saturated carbocycles. The third-order valence-corrected chi connectivity index (χ3v) is 4.27. The van der Waals surface area contributed by atoms with Crippen molar-refractivity contribution in [2.45, 2.75) is 58.1 Å². The first-order valence-electron chi connectivity index (χ1n) is 6.56. The molecule has 0 aliphatic heterocycles. The van der Waals surface area contributed by atoms with Crippen molar-refractivity contribution in [3.63, 3.8) is 0 Å². The zero-order valence-corrected chi connectivity index (χ0v) is 11.1. The predicted octanol–water partition coefficient (Wildman–Crippen LogP) is 2.03. The van der Waals surface area contributed by atoms with Gasteiger partial charge in [-0.25, -0.2) is 4.79 Å². The van der Waals surface area contributed by atoms with Crippen LogP contribution in [0.15, 0.2) is 0 Å². The molecule has 2 atom stereocenters. The zero-order chi connectivity index (χ0) is 12.7. The van der Waals surface area contributed by atoms with Crippen molar-refractivity contribution < 1.29 is 9.53 Å². The van der Waals surface area contributed by atoms with Crippen molar-refractivity contribution in [1.82, 2.24) is 5.32 Å². The number of amides is 1. The van der Waals surface area contributed by atoms with Gasteiger partial charge in [0.05, 0.1) is 0 Å². The Kier molecular flexibility index (Phi) is 3.10. The van der Waals surface area contributed by atoms with Gasteiger partial charge in [-0.05, 0) is 51.4 Å². The van der Waals surface area contributed by atoms with Gasteiger partial charge < -0.3 is 15.8 Å². The number of carbonyl (C=O) groups excluding carboxylic acids is 1. The summed E-state index contributed by atoms with van der Waals surface area (Å²) in [5.41, 5.74) is 5.99. The van der Waals surface area contributed by atoms with Crippen LogP contribution in [0, 0.1) is 11.3 Å². The fraction of sp³-hybridized carbons (Fsp3) is 0.923. The maximum absolute atomic E-state index is 11.5. The molecule has 3 N–H and O–H groups in total. The van der Waals surface area contributed by atoms with Gasteiger partial charge in [-0.15, -0.1) is 0 Å². The maximum Gasteiger partial charge on any atom is 0.407 e. The SMILES string of the molecule is CC(C)(C)OC(=O)NCC1CC(N)C12CCC2. The molecule has 2 aliphatic rings. The lowest BCUT2D eigenvalue weighted by molar-refractivity contribution is -0.0717. The summed E-state index contributed by atoms with van der Waals surface area (Å²) in [5.74, 6) is 0.554. The molecule has 0 radical (unpaired) electrons. The molecular weight excluding hydrogens is 216 g/mol. The van der Waals surface area contributed by atoms with Gasteiger partial charge in [0.2, 0.25) is 0 Å². The van der Waals surface area contributed by atoms with Crippen molar-refractivity contribution >= 4 is 6.09 Å². The lowest BCUT2D eigenvalue weighted by Gasteiger charge is -2.60. The minimum atomic E-state index is -0.422. The molecule has 0 heterocycles. The number of carbonyl (C=O) groups is 1. The molecule has 2 aliphatic carbocycles. The molecule has 2 fully saturated rings. The van der Waals surface area contributed by atoms with Crippen LogP contribution in [-0.2, 0) is 4.74 Å². The van der Waals surface area contributed by atoms with Gasteiger partial charge in [-0.3, -0.25) is 0 Å².